The minimum atomic E-state index is -0.0644. The fraction of sp³-hybridized carbons (Fsp3) is 0.188. The van der Waals surface area contributed by atoms with Crippen LogP contribution in [-0.2, 0) is 6.54 Å². The van der Waals surface area contributed by atoms with E-state index in [0.717, 1.165) is 22.3 Å². The second-order valence-corrected chi connectivity index (χ2v) is 5.41. The van der Waals surface area contributed by atoms with Crippen LogP contribution in [-0.4, -0.2) is 13.0 Å². The van der Waals surface area contributed by atoms with Crippen LogP contribution >= 0.6 is 15.9 Å². The van der Waals surface area contributed by atoms with Gasteiger partial charge in [0.2, 0.25) is 0 Å². The largest absolute Gasteiger partial charge is 0.381 e. The molecule has 0 radical (unpaired) electrons. The van der Waals surface area contributed by atoms with Crippen molar-refractivity contribution in [2.45, 2.75) is 13.5 Å². The van der Waals surface area contributed by atoms with Crippen molar-refractivity contribution >= 4 is 27.5 Å². The summed E-state index contributed by atoms with van der Waals surface area (Å²) in [6.45, 7) is 2.73. The first-order chi connectivity index (χ1) is 9.61. The quantitative estimate of drug-likeness (QED) is 0.895. The Morgan fingerprint density at radius 2 is 1.95 bits per heavy atom. The zero-order chi connectivity index (χ0) is 14.5. The van der Waals surface area contributed by atoms with Gasteiger partial charge in [0.15, 0.2) is 0 Å². The predicted octanol–water partition coefficient (Wildman–Crippen LogP) is 3.73. The normalized spacial score (nSPS) is 10.2. The van der Waals surface area contributed by atoms with Gasteiger partial charge in [-0.15, -0.1) is 0 Å². The molecule has 20 heavy (non-hydrogen) atoms. The first-order valence-corrected chi connectivity index (χ1v) is 7.21. The summed E-state index contributed by atoms with van der Waals surface area (Å²) in [5, 5.41) is 6.02. The Morgan fingerprint density at radius 1 is 1.20 bits per heavy atom. The van der Waals surface area contributed by atoms with Crippen molar-refractivity contribution in [2.24, 2.45) is 0 Å². The van der Waals surface area contributed by atoms with Gasteiger partial charge in [-0.05, 0) is 42.3 Å². The molecule has 2 aromatic rings. The average Bonchev–Trinajstić information content (AvgIpc) is 2.46. The molecule has 0 saturated heterocycles. The molecule has 0 unspecified atom stereocenters. The van der Waals surface area contributed by atoms with Crippen molar-refractivity contribution < 1.29 is 4.79 Å². The molecule has 0 aromatic heterocycles. The molecule has 2 N–H and O–H groups in total. The zero-order valence-corrected chi connectivity index (χ0v) is 13.1. The van der Waals surface area contributed by atoms with Crippen molar-refractivity contribution in [3.8, 4) is 0 Å². The fourth-order valence-electron chi connectivity index (χ4n) is 1.98. The predicted molar refractivity (Wildman–Crippen MR) is 86.0 cm³/mol. The number of hydrogen-bond donors (Lipinski definition) is 2. The lowest BCUT2D eigenvalue weighted by atomic mass is 10.1. The van der Waals surface area contributed by atoms with Gasteiger partial charge < -0.3 is 10.6 Å². The standard InChI is InChI=1S/C16H17BrN2O/c1-11-9-12(16(20)18-2)7-8-15(11)19-10-13-5-3-4-6-14(13)17/h3-9,19H,10H2,1-2H3,(H,18,20). The second kappa shape index (κ2) is 6.57. The van der Waals surface area contributed by atoms with Crippen molar-refractivity contribution in [2.75, 3.05) is 12.4 Å². The molecule has 1 amide bonds. The van der Waals surface area contributed by atoms with Gasteiger partial charge in [0.25, 0.3) is 5.91 Å². The lowest BCUT2D eigenvalue weighted by Crippen LogP contribution is -2.17. The maximum atomic E-state index is 11.6. The number of benzene rings is 2. The average molecular weight is 333 g/mol. The van der Waals surface area contributed by atoms with E-state index in [0.29, 0.717) is 5.56 Å². The van der Waals surface area contributed by atoms with E-state index in [-0.39, 0.29) is 5.91 Å². The molecule has 2 rings (SSSR count). The van der Waals surface area contributed by atoms with Crippen LogP contribution in [0.15, 0.2) is 46.9 Å². The van der Waals surface area contributed by atoms with E-state index in [1.165, 1.54) is 5.56 Å². The maximum absolute atomic E-state index is 11.6. The molecule has 2 aromatic carbocycles. The molecule has 104 valence electrons. The molecule has 0 heterocycles. The fourth-order valence-corrected chi connectivity index (χ4v) is 2.40. The van der Waals surface area contributed by atoms with Gasteiger partial charge >= 0.3 is 0 Å². The van der Waals surface area contributed by atoms with Crippen LogP contribution in [0.1, 0.15) is 21.5 Å². The van der Waals surface area contributed by atoms with E-state index in [1.807, 2.05) is 43.3 Å². The number of carbonyl (C=O) groups excluding carboxylic acids is 1. The molecule has 0 aliphatic heterocycles. The number of amides is 1. The summed E-state index contributed by atoms with van der Waals surface area (Å²) < 4.78 is 1.09. The summed E-state index contributed by atoms with van der Waals surface area (Å²) in [7, 11) is 1.64. The van der Waals surface area contributed by atoms with E-state index in [1.54, 1.807) is 7.05 Å². The summed E-state index contributed by atoms with van der Waals surface area (Å²) in [4.78, 5) is 11.6. The van der Waals surface area contributed by atoms with Crippen LogP contribution in [0.4, 0.5) is 5.69 Å². The monoisotopic (exact) mass is 332 g/mol. The van der Waals surface area contributed by atoms with Gasteiger partial charge in [-0.3, -0.25) is 4.79 Å². The van der Waals surface area contributed by atoms with E-state index in [2.05, 4.69) is 32.6 Å². The third kappa shape index (κ3) is 3.39. The highest BCUT2D eigenvalue weighted by Gasteiger charge is 2.06. The van der Waals surface area contributed by atoms with Crippen LogP contribution in [0.25, 0.3) is 0 Å². The topological polar surface area (TPSA) is 41.1 Å². The SMILES string of the molecule is CNC(=O)c1ccc(NCc2ccccc2Br)c(C)c1. The number of nitrogens with one attached hydrogen (secondary N) is 2. The molecule has 0 fully saturated rings. The van der Waals surface area contributed by atoms with Crippen molar-refractivity contribution in [3.05, 3.63) is 63.6 Å². The van der Waals surface area contributed by atoms with Gasteiger partial charge in [0.1, 0.15) is 0 Å². The van der Waals surface area contributed by atoms with E-state index in [9.17, 15) is 4.79 Å². The molecule has 0 spiro atoms. The first-order valence-electron chi connectivity index (χ1n) is 6.42. The number of aryl methyl sites for hydroxylation is 1. The molecule has 0 aliphatic rings. The molecular weight excluding hydrogens is 316 g/mol. The minimum absolute atomic E-state index is 0.0644. The highest BCUT2D eigenvalue weighted by atomic mass is 79.9. The minimum Gasteiger partial charge on any atom is -0.381 e. The Labute approximate surface area is 127 Å². The Balaban J connectivity index is 2.11. The number of halogens is 1. The number of carbonyl (C=O) groups is 1. The Morgan fingerprint density at radius 3 is 2.60 bits per heavy atom. The molecule has 0 saturated carbocycles. The Hall–Kier alpha value is -1.81. The summed E-state index contributed by atoms with van der Waals surface area (Å²) >= 11 is 3.54. The third-order valence-electron chi connectivity index (χ3n) is 3.14. The van der Waals surface area contributed by atoms with Crippen LogP contribution in [0.3, 0.4) is 0 Å². The molecule has 0 bridgehead atoms. The lowest BCUT2D eigenvalue weighted by molar-refractivity contribution is 0.0963. The highest BCUT2D eigenvalue weighted by molar-refractivity contribution is 9.10. The van der Waals surface area contributed by atoms with E-state index >= 15 is 0 Å². The summed E-state index contributed by atoms with van der Waals surface area (Å²) in [6, 6.07) is 13.8. The first kappa shape index (κ1) is 14.6. The van der Waals surface area contributed by atoms with Gasteiger partial charge in [0.05, 0.1) is 0 Å². The number of anilines is 1. The van der Waals surface area contributed by atoms with Crippen molar-refractivity contribution in [1.82, 2.24) is 5.32 Å². The molecule has 4 heteroatoms. The van der Waals surface area contributed by atoms with Crippen molar-refractivity contribution in [3.63, 3.8) is 0 Å². The highest BCUT2D eigenvalue weighted by Crippen LogP contribution is 2.20. The smallest absolute Gasteiger partial charge is 0.251 e. The maximum Gasteiger partial charge on any atom is 0.251 e. The van der Waals surface area contributed by atoms with Crippen LogP contribution in [0.5, 0.6) is 0 Å². The van der Waals surface area contributed by atoms with Gasteiger partial charge in [-0.2, -0.15) is 0 Å². The van der Waals surface area contributed by atoms with Gasteiger partial charge in [-0.1, -0.05) is 34.1 Å². The van der Waals surface area contributed by atoms with E-state index < -0.39 is 0 Å². The summed E-state index contributed by atoms with van der Waals surface area (Å²) in [6.07, 6.45) is 0. The second-order valence-electron chi connectivity index (χ2n) is 4.55. The number of hydrogen-bond acceptors (Lipinski definition) is 2. The van der Waals surface area contributed by atoms with Crippen LogP contribution in [0.2, 0.25) is 0 Å². The summed E-state index contributed by atoms with van der Waals surface area (Å²) in [5.74, 6) is -0.0644. The summed E-state index contributed by atoms with van der Waals surface area (Å²) in [5.41, 5.74) is 3.96. The molecule has 3 nitrogen and oxygen atoms in total. The van der Waals surface area contributed by atoms with Crippen molar-refractivity contribution in [1.29, 1.82) is 0 Å². The molecular formula is C16H17BrN2O. The molecule has 0 aliphatic carbocycles. The third-order valence-corrected chi connectivity index (χ3v) is 3.92. The zero-order valence-electron chi connectivity index (χ0n) is 11.5. The van der Waals surface area contributed by atoms with Gasteiger partial charge in [0, 0.05) is 29.3 Å². The molecule has 0 atom stereocenters. The lowest BCUT2D eigenvalue weighted by Gasteiger charge is -2.12. The van der Waals surface area contributed by atoms with Crippen LogP contribution in [0, 0.1) is 6.92 Å². The van der Waals surface area contributed by atoms with Gasteiger partial charge in [-0.25, -0.2) is 0 Å². The number of rotatable bonds is 4. The van der Waals surface area contributed by atoms with Crippen LogP contribution < -0.4 is 10.6 Å². The van der Waals surface area contributed by atoms with E-state index in [4.69, 9.17) is 0 Å². The Bertz CT molecular complexity index is 626. The Kier molecular flexibility index (Phi) is 4.79.